The topological polar surface area (TPSA) is 53.1 Å². The second-order valence-electron chi connectivity index (χ2n) is 7.85. The summed E-state index contributed by atoms with van der Waals surface area (Å²) < 4.78 is 5.42. The Morgan fingerprint density at radius 1 is 1.07 bits per heavy atom. The number of morpholine rings is 1. The molecule has 2 amide bonds. The van der Waals surface area contributed by atoms with Crippen molar-refractivity contribution in [1.82, 2.24) is 9.80 Å². The number of piperidine rings is 1. The van der Waals surface area contributed by atoms with Crippen molar-refractivity contribution in [1.29, 1.82) is 0 Å². The van der Waals surface area contributed by atoms with Gasteiger partial charge in [0.2, 0.25) is 5.91 Å². The molecule has 0 radical (unpaired) electrons. The minimum Gasteiger partial charge on any atom is -0.379 e. The first-order chi connectivity index (χ1) is 13.2. The van der Waals surface area contributed by atoms with Crippen molar-refractivity contribution in [2.45, 2.75) is 25.7 Å². The van der Waals surface area contributed by atoms with Gasteiger partial charge in [0.05, 0.1) is 13.2 Å². The molecule has 27 heavy (non-hydrogen) atoms. The van der Waals surface area contributed by atoms with Gasteiger partial charge in [-0.25, -0.2) is 0 Å². The van der Waals surface area contributed by atoms with E-state index >= 15 is 0 Å². The molecule has 146 valence electrons. The second-order valence-corrected chi connectivity index (χ2v) is 7.85. The first-order valence-electron chi connectivity index (χ1n) is 10.2. The summed E-state index contributed by atoms with van der Waals surface area (Å²) in [6, 6.07) is 7.56. The summed E-state index contributed by atoms with van der Waals surface area (Å²) in [7, 11) is 0. The maximum atomic E-state index is 12.9. The summed E-state index contributed by atoms with van der Waals surface area (Å²) in [6.07, 6.45) is 3.63. The molecule has 0 saturated carbocycles. The molecule has 0 aromatic heterocycles. The zero-order chi connectivity index (χ0) is 18.6. The number of anilines is 1. The average Bonchev–Trinajstić information content (AvgIpc) is 3.15. The number of amides is 2. The molecule has 3 fully saturated rings. The molecule has 0 unspecified atom stereocenters. The third kappa shape index (κ3) is 4.33. The Bertz CT molecular complexity index is 679. The van der Waals surface area contributed by atoms with Crippen LogP contribution in [0.1, 0.15) is 36.0 Å². The van der Waals surface area contributed by atoms with E-state index in [9.17, 15) is 9.59 Å². The number of benzene rings is 1. The normalized spacial score (nSPS) is 22.4. The lowest BCUT2D eigenvalue weighted by atomic mass is 9.95. The standard InChI is InChI=1S/C21H29N3O3/c25-20-5-2-8-24(20)19-4-1-3-18(15-19)21(26)23-9-6-17(7-10-23)16-22-11-13-27-14-12-22/h1,3-4,15,17H,2,5-14,16H2. The molecule has 0 spiro atoms. The van der Waals surface area contributed by atoms with Gasteiger partial charge in [-0.05, 0) is 43.4 Å². The van der Waals surface area contributed by atoms with Crippen molar-refractivity contribution in [3.05, 3.63) is 29.8 Å². The van der Waals surface area contributed by atoms with Crippen molar-refractivity contribution in [2.24, 2.45) is 5.92 Å². The van der Waals surface area contributed by atoms with Crippen molar-refractivity contribution < 1.29 is 14.3 Å². The first kappa shape index (κ1) is 18.4. The summed E-state index contributed by atoms with van der Waals surface area (Å²) >= 11 is 0. The van der Waals surface area contributed by atoms with Crippen molar-refractivity contribution in [3.8, 4) is 0 Å². The minimum atomic E-state index is 0.0910. The molecular formula is C21H29N3O3. The number of nitrogens with zero attached hydrogens (tertiary/aromatic N) is 3. The van der Waals surface area contributed by atoms with E-state index in [-0.39, 0.29) is 11.8 Å². The minimum absolute atomic E-state index is 0.0910. The molecule has 3 heterocycles. The Balaban J connectivity index is 1.33. The smallest absolute Gasteiger partial charge is 0.253 e. The van der Waals surface area contributed by atoms with Crippen LogP contribution in [0.4, 0.5) is 5.69 Å². The van der Waals surface area contributed by atoms with Crippen molar-refractivity contribution >= 4 is 17.5 Å². The van der Waals surface area contributed by atoms with E-state index in [2.05, 4.69) is 4.90 Å². The largest absolute Gasteiger partial charge is 0.379 e. The lowest BCUT2D eigenvalue weighted by molar-refractivity contribution is -0.117. The van der Waals surface area contributed by atoms with Gasteiger partial charge in [-0.1, -0.05) is 6.07 Å². The van der Waals surface area contributed by atoms with Crippen LogP contribution in [0.15, 0.2) is 24.3 Å². The van der Waals surface area contributed by atoms with Gasteiger partial charge in [0.15, 0.2) is 0 Å². The van der Waals surface area contributed by atoms with Crippen LogP contribution in [0, 0.1) is 5.92 Å². The van der Waals surface area contributed by atoms with Crippen molar-refractivity contribution in [2.75, 3.05) is 57.4 Å². The zero-order valence-corrected chi connectivity index (χ0v) is 15.9. The third-order valence-electron chi connectivity index (χ3n) is 6.00. The summed E-state index contributed by atoms with van der Waals surface area (Å²) in [5.41, 5.74) is 1.55. The maximum absolute atomic E-state index is 12.9. The van der Waals surface area contributed by atoms with Gasteiger partial charge in [-0.3, -0.25) is 14.5 Å². The summed E-state index contributed by atoms with van der Waals surface area (Å²) in [4.78, 5) is 31.2. The van der Waals surface area contributed by atoms with Gasteiger partial charge in [-0.15, -0.1) is 0 Å². The Morgan fingerprint density at radius 2 is 1.85 bits per heavy atom. The number of likely N-dealkylation sites (tertiary alicyclic amines) is 1. The predicted molar refractivity (Wildman–Crippen MR) is 104 cm³/mol. The molecule has 3 aliphatic heterocycles. The Morgan fingerprint density at radius 3 is 2.56 bits per heavy atom. The fourth-order valence-corrected chi connectivity index (χ4v) is 4.38. The Hall–Kier alpha value is -1.92. The lowest BCUT2D eigenvalue weighted by Crippen LogP contribution is -2.44. The molecule has 3 aliphatic rings. The molecule has 0 bridgehead atoms. The molecule has 0 atom stereocenters. The number of hydrogen-bond donors (Lipinski definition) is 0. The fraction of sp³-hybridized carbons (Fsp3) is 0.619. The van der Waals surface area contributed by atoms with Crippen LogP contribution in [-0.2, 0) is 9.53 Å². The molecule has 6 nitrogen and oxygen atoms in total. The molecule has 4 rings (SSSR count). The van der Waals surface area contributed by atoms with E-state index in [4.69, 9.17) is 4.74 Å². The predicted octanol–water partition coefficient (Wildman–Crippen LogP) is 2.00. The number of carbonyl (C=O) groups is 2. The summed E-state index contributed by atoms with van der Waals surface area (Å²) in [5, 5.41) is 0. The van der Waals surface area contributed by atoms with E-state index in [0.29, 0.717) is 17.9 Å². The van der Waals surface area contributed by atoms with Crippen LogP contribution in [0.2, 0.25) is 0 Å². The van der Waals surface area contributed by atoms with E-state index in [1.807, 2.05) is 29.2 Å². The van der Waals surface area contributed by atoms with Crippen LogP contribution in [-0.4, -0.2) is 74.1 Å². The van der Waals surface area contributed by atoms with Crippen LogP contribution < -0.4 is 4.90 Å². The van der Waals surface area contributed by atoms with E-state index < -0.39 is 0 Å². The quantitative estimate of drug-likeness (QED) is 0.812. The van der Waals surface area contributed by atoms with Crippen LogP contribution in [0.3, 0.4) is 0 Å². The average molecular weight is 371 g/mol. The number of carbonyl (C=O) groups excluding carboxylic acids is 2. The fourth-order valence-electron chi connectivity index (χ4n) is 4.38. The van der Waals surface area contributed by atoms with Gasteiger partial charge in [0.25, 0.3) is 5.91 Å². The van der Waals surface area contributed by atoms with Crippen molar-refractivity contribution in [3.63, 3.8) is 0 Å². The van der Waals surface area contributed by atoms with Gasteiger partial charge in [-0.2, -0.15) is 0 Å². The molecule has 1 aromatic rings. The number of hydrogen-bond acceptors (Lipinski definition) is 4. The number of rotatable bonds is 4. The molecule has 1 aromatic carbocycles. The van der Waals surface area contributed by atoms with Gasteiger partial charge in [0.1, 0.15) is 0 Å². The molecule has 6 heteroatoms. The first-order valence-corrected chi connectivity index (χ1v) is 10.2. The maximum Gasteiger partial charge on any atom is 0.253 e. The Labute approximate surface area is 161 Å². The summed E-state index contributed by atoms with van der Waals surface area (Å²) in [6.45, 7) is 7.26. The van der Waals surface area contributed by atoms with E-state index in [1.165, 1.54) is 0 Å². The Kier molecular flexibility index (Phi) is 5.74. The zero-order valence-electron chi connectivity index (χ0n) is 15.9. The lowest BCUT2D eigenvalue weighted by Gasteiger charge is -2.36. The highest BCUT2D eigenvalue weighted by Gasteiger charge is 2.27. The van der Waals surface area contributed by atoms with Crippen LogP contribution in [0.5, 0.6) is 0 Å². The molecule has 3 saturated heterocycles. The third-order valence-corrected chi connectivity index (χ3v) is 6.00. The summed E-state index contributed by atoms with van der Waals surface area (Å²) in [5.74, 6) is 0.914. The molecule has 0 aliphatic carbocycles. The van der Waals surface area contributed by atoms with Crippen LogP contribution in [0.25, 0.3) is 0 Å². The SMILES string of the molecule is O=C(c1cccc(N2CCCC2=O)c1)N1CCC(CN2CCOCC2)CC1. The highest BCUT2D eigenvalue weighted by Crippen LogP contribution is 2.25. The van der Waals surface area contributed by atoms with E-state index in [1.54, 1.807) is 4.90 Å². The highest BCUT2D eigenvalue weighted by molar-refractivity contribution is 5.99. The van der Waals surface area contributed by atoms with E-state index in [0.717, 1.165) is 77.4 Å². The molecule has 0 N–H and O–H groups in total. The van der Waals surface area contributed by atoms with Crippen LogP contribution >= 0.6 is 0 Å². The van der Waals surface area contributed by atoms with Gasteiger partial charge < -0.3 is 14.5 Å². The monoisotopic (exact) mass is 371 g/mol. The highest BCUT2D eigenvalue weighted by atomic mass is 16.5. The van der Waals surface area contributed by atoms with Gasteiger partial charge in [0, 0.05) is 56.9 Å². The van der Waals surface area contributed by atoms with Gasteiger partial charge >= 0.3 is 0 Å². The second kappa shape index (κ2) is 8.40. The molecular weight excluding hydrogens is 342 g/mol. The number of ether oxygens (including phenoxy) is 1.